The molecule has 1 amide bonds. The van der Waals surface area contributed by atoms with E-state index in [1.165, 1.54) is 12.7 Å². The SMILES string of the molecule is COC(=O)c1cc2c(cc1-c1cc(OC)c(-c3cccs3)cc1C(=O)Nc1ccc(CN)cc1)OCCc1ccsc1-2. The number of hydrogen-bond acceptors (Lipinski definition) is 8. The third kappa shape index (κ3) is 5.18. The predicted molar refractivity (Wildman–Crippen MR) is 168 cm³/mol. The smallest absolute Gasteiger partial charge is 0.338 e. The van der Waals surface area contributed by atoms with Gasteiger partial charge < -0.3 is 25.3 Å². The minimum atomic E-state index is -0.514. The maximum Gasteiger partial charge on any atom is 0.338 e. The number of amides is 1. The first-order chi connectivity index (χ1) is 20.5. The molecule has 5 aromatic rings. The molecule has 0 saturated heterocycles. The van der Waals surface area contributed by atoms with Gasteiger partial charge >= 0.3 is 5.97 Å². The van der Waals surface area contributed by atoms with E-state index >= 15 is 0 Å². The predicted octanol–water partition coefficient (Wildman–Crippen LogP) is 7.25. The second-order valence-corrected chi connectivity index (χ2v) is 11.6. The molecular weight excluding hydrogens is 569 g/mol. The minimum Gasteiger partial charge on any atom is -0.496 e. The van der Waals surface area contributed by atoms with Crippen molar-refractivity contribution in [2.24, 2.45) is 5.73 Å². The van der Waals surface area contributed by atoms with Gasteiger partial charge in [0.15, 0.2) is 0 Å². The number of ether oxygens (including phenoxy) is 3. The number of fused-ring (bicyclic) bond motifs is 3. The van der Waals surface area contributed by atoms with Gasteiger partial charge in [-0.05, 0) is 76.0 Å². The van der Waals surface area contributed by atoms with Crippen LogP contribution < -0.4 is 20.5 Å². The van der Waals surface area contributed by atoms with Gasteiger partial charge in [-0.2, -0.15) is 0 Å². The number of hydrogen-bond donors (Lipinski definition) is 2. The molecule has 3 N–H and O–H groups in total. The number of carbonyl (C=O) groups excluding carboxylic acids is 2. The molecule has 0 atom stereocenters. The standard InChI is InChI=1S/C33H28N2O5S2/c1-38-28-16-22(23-17-29-27(15-25(23)33(37)39-2)31-20(9-11-40-29)10-13-42-31)24(14-26(28)30-4-3-12-41-30)32(36)35-21-7-5-19(18-34)6-8-21/h3-8,10,12-17H,9,11,18,34H2,1-2H3,(H,35,36). The van der Waals surface area contributed by atoms with Gasteiger partial charge in [-0.15, -0.1) is 22.7 Å². The Balaban J connectivity index is 1.56. The van der Waals surface area contributed by atoms with E-state index < -0.39 is 5.97 Å². The summed E-state index contributed by atoms with van der Waals surface area (Å²) in [4.78, 5) is 29.3. The molecule has 42 heavy (non-hydrogen) atoms. The number of thiophene rings is 2. The molecule has 0 spiro atoms. The van der Waals surface area contributed by atoms with Crippen LogP contribution in [-0.2, 0) is 17.7 Å². The molecule has 212 valence electrons. The fourth-order valence-corrected chi connectivity index (χ4v) is 6.85. The Bertz CT molecular complexity index is 1780. The Labute approximate surface area is 251 Å². The van der Waals surface area contributed by atoms with Gasteiger partial charge in [-0.3, -0.25) is 4.79 Å². The number of methoxy groups -OCH3 is 2. The highest BCUT2D eigenvalue weighted by molar-refractivity contribution is 7.14. The second kappa shape index (κ2) is 11.8. The van der Waals surface area contributed by atoms with Crippen LogP contribution in [0.15, 0.2) is 77.5 Å². The van der Waals surface area contributed by atoms with Crippen molar-refractivity contribution in [1.82, 2.24) is 0 Å². The summed E-state index contributed by atoms with van der Waals surface area (Å²) in [5, 5.41) is 7.03. The van der Waals surface area contributed by atoms with Crippen LogP contribution >= 0.6 is 22.7 Å². The van der Waals surface area contributed by atoms with Crippen LogP contribution in [0.25, 0.3) is 32.0 Å². The maximum absolute atomic E-state index is 14.0. The van der Waals surface area contributed by atoms with E-state index in [0.717, 1.165) is 32.9 Å². The molecule has 3 aromatic carbocycles. The molecule has 1 aliphatic rings. The number of nitrogens with two attached hydrogens (primary N) is 1. The van der Waals surface area contributed by atoms with Crippen molar-refractivity contribution in [3.8, 4) is 43.5 Å². The van der Waals surface area contributed by atoms with Crippen LogP contribution in [0.5, 0.6) is 11.5 Å². The molecule has 3 heterocycles. The van der Waals surface area contributed by atoms with Crippen LogP contribution in [0.4, 0.5) is 5.69 Å². The summed E-state index contributed by atoms with van der Waals surface area (Å²) in [5.74, 6) is 0.366. The number of carbonyl (C=O) groups is 2. The Hall–Kier alpha value is -4.44. The monoisotopic (exact) mass is 596 g/mol. The van der Waals surface area contributed by atoms with Gasteiger partial charge in [-0.1, -0.05) is 18.2 Å². The topological polar surface area (TPSA) is 99.9 Å². The Morgan fingerprint density at radius 3 is 2.40 bits per heavy atom. The molecule has 0 unspecified atom stereocenters. The average molecular weight is 597 g/mol. The first-order valence-electron chi connectivity index (χ1n) is 13.3. The highest BCUT2D eigenvalue weighted by atomic mass is 32.1. The Morgan fingerprint density at radius 2 is 1.69 bits per heavy atom. The van der Waals surface area contributed by atoms with E-state index in [1.54, 1.807) is 29.8 Å². The normalized spacial score (nSPS) is 12.0. The van der Waals surface area contributed by atoms with Crippen molar-refractivity contribution in [1.29, 1.82) is 0 Å². The highest BCUT2D eigenvalue weighted by Gasteiger charge is 2.27. The van der Waals surface area contributed by atoms with Gasteiger partial charge in [0.05, 0.1) is 26.4 Å². The van der Waals surface area contributed by atoms with E-state index in [0.29, 0.717) is 52.6 Å². The number of anilines is 1. The van der Waals surface area contributed by atoms with Crippen LogP contribution in [0.1, 0.15) is 31.8 Å². The Morgan fingerprint density at radius 1 is 0.905 bits per heavy atom. The molecule has 9 heteroatoms. The van der Waals surface area contributed by atoms with Gasteiger partial charge in [0.2, 0.25) is 0 Å². The fraction of sp³-hybridized carbons (Fsp3) is 0.152. The zero-order valence-corrected chi connectivity index (χ0v) is 24.7. The zero-order chi connectivity index (χ0) is 29.2. The van der Waals surface area contributed by atoms with Crippen molar-refractivity contribution in [3.63, 3.8) is 0 Å². The summed E-state index contributed by atoms with van der Waals surface area (Å²) in [6.07, 6.45) is 0.760. The van der Waals surface area contributed by atoms with Crippen molar-refractivity contribution < 1.29 is 23.8 Å². The molecule has 0 saturated carbocycles. The van der Waals surface area contributed by atoms with Crippen molar-refractivity contribution in [2.45, 2.75) is 13.0 Å². The number of nitrogens with one attached hydrogen (secondary N) is 1. The van der Waals surface area contributed by atoms with Gasteiger partial charge in [-0.25, -0.2) is 4.79 Å². The Kier molecular flexibility index (Phi) is 7.80. The van der Waals surface area contributed by atoms with Crippen molar-refractivity contribution >= 4 is 40.2 Å². The number of benzene rings is 3. The van der Waals surface area contributed by atoms with Crippen molar-refractivity contribution in [3.05, 3.63) is 99.7 Å². The van der Waals surface area contributed by atoms with E-state index in [-0.39, 0.29) is 5.91 Å². The van der Waals surface area contributed by atoms with Crippen LogP contribution in [0.2, 0.25) is 0 Å². The summed E-state index contributed by atoms with van der Waals surface area (Å²) >= 11 is 3.15. The number of esters is 1. The number of rotatable bonds is 7. The maximum atomic E-state index is 14.0. The van der Waals surface area contributed by atoms with Crippen LogP contribution in [-0.4, -0.2) is 32.7 Å². The zero-order valence-electron chi connectivity index (χ0n) is 23.1. The lowest BCUT2D eigenvalue weighted by molar-refractivity contribution is 0.0601. The summed E-state index contributed by atoms with van der Waals surface area (Å²) in [5.41, 5.74) is 11.8. The lowest BCUT2D eigenvalue weighted by Crippen LogP contribution is -2.15. The third-order valence-corrected chi connectivity index (χ3v) is 9.15. The van der Waals surface area contributed by atoms with E-state index in [4.69, 9.17) is 19.9 Å². The van der Waals surface area contributed by atoms with Crippen molar-refractivity contribution in [2.75, 3.05) is 26.1 Å². The molecule has 0 radical (unpaired) electrons. The van der Waals surface area contributed by atoms with Gasteiger partial charge in [0, 0.05) is 50.7 Å². The highest BCUT2D eigenvalue weighted by Crippen LogP contribution is 2.45. The van der Waals surface area contributed by atoms with E-state index in [1.807, 2.05) is 71.4 Å². The summed E-state index contributed by atoms with van der Waals surface area (Å²) < 4.78 is 17.2. The first kappa shape index (κ1) is 27.7. The van der Waals surface area contributed by atoms with Crippen LogP contribution in [0, 0.1) is 0 Å². The quantitative estimate of drug-likeness (QED) is 0.192. The second-order valence-electron chi connectivity index (χ2n) is 9.69. The van der Waals surface area contributed by atoms with Gasteiger partial charge in [0.25, 0.3) is 5.91 Å². The lowest BCUT2D eigenvalue weighted by Gasteiger charge is -2.19. The van der Waals surface area contributed by atoms with Gasteiger partial charge in [0.1, 0.15) is 11.5 Å². The molecule has 6 rings (SSSR count). The van der Waals surface area contributed by atoms with E-state index in [9.17, 15) is 9.59 Å². The first-order valence-corrected chi connectivity index (χ1v) is 15.1. The molecular formula is C33H28N2O5S2. The summed E-state index contributed by atoms with van der Waals surface area (Å²) in [7, 11) is 2.94. The molecule has 2 aromatic heterocycles. The lowest BCUT2D eigenvalue weighted by atomic mass is 9.90. The fourth-order valence-electron chi connectivity index (χ4n) is 5.12. The summed E-state index contributed by atoms with van der Waals surface area (Å²) in [6, 6.07) is 20.7. The van der Waals surface area contributed by atoms with E-state index in [2.05, 4.69) is 11.4 Å². The molecule has 1 aliphatic heterocycles. The molecule has 0 fully saturated rings. The average Bonchev–Trinajstić information content (AvgIpc) is 3.70. The molecule has 0 bridgehead atoms. The van der Waals surface area contributed by atoms with Crippen LogP contribution in [0.3, 0.4) is 0 Å². The summed E-state index contributed by atoms with van der Waals surface area (Å²) in [6.45, 7) is 0.908. The third-order valence-electron chi connectivity index (χ3n) is 7.25. The largest absolute Gasteiger partial charge is 0.496 e. The molecule has 0 aliphatic carbocycles. The minimum absolute atomic E-state index is 0.327. The molecule has 7 nitrogen and oxygen atoms in total.